The van der Waals surface area contributed by atoms with E-state index in [9.17, 15) is 14.0 Å². The van der Waals surface area contributed by atoms with Crippen molar-refractivity contribution in [3.8, 4) is 10.4 Å². The topological polar surface area (TPSA) is 43.4 Å². The van der Waals surface area contributed by atoms with Crippen LogP contribution in [0.15, 0.2) is 30.3 Å². The van der Waals surface area contributed by atoms with Gasteiger partial charge in [0.05, 0.1) is 17.6 Å². The van der Waals surface area contributed by atoms with Gasteiger partial charge in [-0.1, -0.05) is 0 Å². The van der Waals surface area contributed by atoms with Crippen molar-refractivity contribution in [3.63, 3.8) is 0 Å². The molecule has 1 aromatic heterocycles. The van der Waals surface area contributed by atoms with Gasteiger partial charge < -0.3 is 4.74 Å². The largest absolute Gasteiger partial charge is 0.465 e. The maximum absolute atomic E-state index is 13.2. The van der Waals surface area contributed by atoms with Gasteiger partial charge in [-0.3, -0.25) is 4.79 Å². The standard InChI is InChI=1S/C13H9FO3S/c1-17-13(16)11-6-8(14)2-4-10(11)12-5-3-9(7-15)18-12/h2-7H,1H3. The van der Waals surface area contributed by atoms with Gasteiger partial charge in [-0.25, -0.2) is 9.18 Å². The number of esters is 1. The monoisotopic (exact) mass is 264 g/mol. The van der Waals surface area contributed by atoms with Crippen LogP contribution >= 0.6 is 11.3 Å². The van der Waals surface area contributed by atoms with Gasteiger partial charge >= 0.3 is 5.97 Å². The SMILES string of the molecule is COC(=O)c1cc(F)ccc1-c1ccc(C=O)s1. The second kappa shape index (κ2) is 5.10. The molecule has 0 aliphatic rings. The van der Waals surface area contributed by atoms with Crippen LogP contribution in [0.25, 0.3) is 10.4 Å². The second-order valence-corrected chi connectivity index (χ2v) is 4.62. The number of benzene rings is 1. The lowest BCUT2D eigenvalue weighted by atomic mass is 10.1. The Hall–Kier alpha value is -2.01. The summed E-state index contributed by atoms with van der Waals surface area (Å²) in [6.07, 6.45) is 0.732. The highest BCUT2D eigenvalue weighted by Crippen LogP contribution is 2.31. The maximum atomic E-state index is 13.2. The van der Waals surface area contributed by atoms with E-state index in [1.165, 1.54) is 30.6 Å². The number of ether oxygens (including phenoxy) is 1. The Morgan fingerprint density at radius 3 is 2.72 bits per heavy atom. The fraction of sp³-hybridized carbons (Fsp3) is 0.0769. The summed E-state index contributed by atoms with van der Waals surface area (Å²) in [5.41, 5.74) is 0.707. The van der Waals surface area contributed by atoms with E-state index in [2.05, 4.69) is 4.74 Å². The first-order valence-corrected chi connectivity index (χ1v) is 5.90. The average molecular weight is 264 g/mol. The van der Waals surface area contributed by atoms with E-state index in [0.717, 1.165) is 17.2 Å². The molecule has 0 saturated heterocycles. The van der Waals surface area contributed by atoms with Gasteiger partial charge in [-0.2, -0.15) is 0 Å². The molecule has 0 aliphatic carbocycles. The second-order valence-electron chi connectivity index (χ2n) is 3.50. The minimum absolute atomic E-state index is 0.150. The highest BCUT2D eigenvalue weighted by atomic mass is 32.1. The lowest BCUT2D eigenvalue weighted by Crippen LogP contribution is -2.03. The van der Waals surface area contributed by atoms with Crippen molar-refractivity contribution < 1.29 is 18.7 Å². The Morgan fingerprint density at radius 2 is 2.11 bits per heavy atom. The number of carbonyl (C=O) groups excluding carboxylic acids is 2. The van der Waals surface area contributed by atoms with E-state index < -0.39 is 11.8 Å². The molecule has 0 amide bonds. The van der Waals surface area contributed by atoms with E-state index in [1.807, 2.05) is 0 Å². The maximum Gasteiger partial charge on any atom is 0.338 e. The number of hydrogen-bond donors (Lipinski definition) is 0. The van der Waals surface area contributed by atoms with E-state index in [-0.39, 0.29) is 5.56 Å². The highest BCUT2D eigenvalue weighted by molar-refractivity contribution is 7.17. The molecule has 2 rings (SSSR count). The summed E-state index contributed by atoms with van der Waals surface area (Å²) < 4.78 is 17.8. The quantitative estimate of drug-likeness (QED) is 0.631. The zero-order chi connectivity index (χ0) is 13.1. The molecule has 18 heavy (non-hydrogen) atoms. The molecular formula is C13H9FO3S. The minimum atomic E-state index is -0.606. The molecule has 3 nitrogen and oxygen atoms in total. The number of hydrogen-bond acceptors (Lipinski definition) is 4. The first-order valence-electron chi connectivity index (χ1n) is 5.09. The molecule has 0 fully saturated rings. The predicted octanol–water partition coefficient (Wildman–Crippen LogP) is 3.15. The molecule has 1 heterocycles. The van der Waals surface area contributed by atoms with Crippen molar-refractivity contribution >= 4 is 23.6 Å². The minimum Gasteiger partial charge on any atom is -0.465 e. The lowest BCUT2D eigenvalue weighted by Gasteiger charge is -2.06. The lowest BCUT2D eigenvalue weighted by molar-refractivity contribution is 0.0601. The van der Waals surface area contributed by atoms with Crippen LogP contribution in [0.4, 0.5) is 4.39 Å². The van der Waals surface area contributed by atoms with Gasteiger partial charge in [0, 0.05) is 10.4 Å². The molecule has 2 aromatic rings. The zero-order valence-electron chi connectivity index (χ0n) is 9.48. The average Bonchev–Trinajstić information content (AvgIpc) is 2.86. The third-order valence-corrected chi connectivity index (χ3v) is 3.44. The molecule has 5 heteroatoms. The molecule has 0 unspecified atom stereocenters. The van der Waals surface area contributed by atoms with E-state index in [0.29, 0.717) is 10.4 Å². The predicted molar refractivity (Wildman–Crippen MR) is 66.4 cm³/mol. The van der Waals surface area contributed by atoms with Crippen molar-refractivity contribution in [3.05, 3.63) is 46.6 Å². The molecule has 92 valence electrons. The number of carbonyl (C=O) groups is 2. The Kier molecular flexibility index (Phi) is 3.53. The van der Waals surface area contributed by atoms with Crippen LogP contribution < -0.4 is 0 Å². The third-order valence-electron chi connectivity index (χ3n) is 2.40. The summed E-state index contributed by atoms with van der Waals surface area (Å²) in [6, 6.07) is 7.26. The highest BCUT2D eigenvalue weighted by Gasteiger charge is 2.15. The summed E-state index contributed by atoms with van der Waals surface area (Å²) in [5.74, 6) is -1.11. The van der Waals surface area contributed by atoms with E-state index in [4.69, 9.17) is 0 Å². The zero-order valence-corrected chi connectivity index (χ0v) is 10.3. The smallest absolute Gasteiger partial charge is 0.338 e. The summed E-state index contributed by atoms with van der Waals surface area (Å²) in [6.45, 7) is 0. The Morgan fingerprint density at radius 1 is 1.33 bits per heavy atom. The molecule has 0 saturated carbocycles. The first-order chi connectivity index (χ1) is 8.65. The first kappa shape index (κ1) is 12.4. The van der Waals surface area contributed by atoms with Gasteiger partial charge in [-0.15, -0.1) is 11.3 Å². The van der Waals surface area contributed by atoms with Crippen LogP contribution in [0.2, 0.25) is 0 Å². The number of aldehydes is 1. The fourth-order valence-electron chi connectivity index (χ4n) is 1.57. The Labute approximate surface area is 107 Å². The molecule has 1 aromatic carbocycles. The number of rotatable bonds is 3. The summed E-state index contributed by atoms with van der Waals surface area (Å²) >= 11 is 1.24. The van der Waals surface area contributed by atoms with Crippen LogP contribution in [0, 0.1) is 5.82 Å². The van der Waals surface area contributed by atoms with Crippen molar-refractivity contribution in [1.82, 2.24) is 0 Å². The van der Waals surface area contributed by atoms with E-state index >= 15 is 0 Å². The van der Waals surface area contributed by atoms with Crippen molar-refractivity contribution in [1.29, 1.82) is 0 Å². The molecule has 0 spiro atoms. The summed E-state index contributed by atoms with van der Waals surface area (Å²) in [4.78, 5) is 23.5. The molecule has 0 aliphatic heterocycles. The Bertz CT molecular complexity index is 604. The number of methoxy groups -OCH3 is 1. The third kappa shape index (κ3) is 2.31. The van der Waals surface area contributed by atoms with Crippen LogP contribution in [0.3, 0.4) is 0 Å². The molecule has 0 atom stereocenters. The van der Waals surface area contributed by atoms with Gasteiger partial charge in [0.25, 0.3) is 0 Å². The molecule has 0 bridgehead atoms. The van der Waals surface area contributed by atoms with Crippen LogP contribution in [0.1, 0.15) is 20.0 Å². The molecular weight excluding hydrogens is 255 g/mol. The van der Waals surface area contributed by atoms with Gasteiger partial charge in [0.15, 0.2) is 6.29 Å². The van der Waals surface area contributed by atoms with Crippen LogP contribution in [-0.2, 0) is 4.74 Å². The van der Waals surface area contributed by atoms with Crippen molar-refractivity contribution in [2.24, 2.45) is 0 Å². The number of thiophene rings is 1. The van der Waals surface area contributed by atoms with Crippen molar-refractivity contribution in [2.45, 2.75) is 0 Å². The van der Waals surface area contributed by atoms with Gasteiger partial charge in [0.2, 0.25) is 0 Å². The normalized spacial score (nSPS) is 10.1. The van der Waals surface area contributed by atoms with Crippen molar-refractivity contribution in [2.75, 3.05) is 7.11 Å². The van der Waals surface area contributed by atoms with E-state index in [1.54, 1.807) is 12.1 Å². The molecule has 0 N–H and O–H groups in total. The van der Waals surface area contributed by atoms with Gasteiger partial charge in [-0.05, 0) is 30.3 Å². The number of halogens is 1. The summed E-state index contributed by atoms with van der Waals surface area (Å²) in [7, 11) is 1.24. The fourth-order valence-corrected chi connectivity index (χ4v) is 2.43. The van der Waals surface area contributed by atoms with Crippen LogP contribution in [0.5, 0.6) is 0 Å². The van der Waals surface area contributed by atoms with Crippen LogP contribution in [-0.4, -0.2) is 19.4 Å². The summed E-state index contributed by atoms with van der Waals surface area (Å²) in [5, 5.41) is 0. The Balaban J connectivity index is 2.55. The van der Waals surface area contributed by atoms with Gasteiger partial charge in [0.1, 0.15) is 5.82 Å². The molecule has 0 radical (unpaired) electrons.